The Morgan fingerprint density at radius 3 is 2.66 bits per heavy atom. The largest absolute Gasteiger partial charge is 0.464 e. The van der Waals surface area contributed by atoms with Crippen molar-refractivity contribution in [3.63, 3.8) is 0 Å². The Bertz CT molecular complexity index is 1310. The van der Waals surface area contributed by atoms with Gasteiger partial charge in [-0.25, -0.2) is 9.97 Å². The van der Waals surface area contributed by atoms with Gasteiger partial charge in [-0.2, -0.15) is 0 Å². The summed E-state index contributed by atoms with van der Waals surface area (Å²) in [5, 5.41) is 4.46. The molecule has 35 heavy (non-hydrogen) atoms. The van der Waals surface area contributed by atoms with Crippen LogP contribution in [0.5, 0.6) is 0 Å². The highest BCUT2D eigenvalue weighted by Crippen LogP contribution is 2.59. The van der Waals surface area contributed by atoms with Crippen molar-refractivity contribution in [3.8, 4) is 0 Å². The molecule has 4 bridgehead atoms. The molecule has 0 radical (unpaired) electrons. The molecule has 4 fully saturated rings. The van der Waals surface area contributed by atoms with Gasteiger partial charge < -0.3 is 9.73 Å². The van der Waals surface area contributed by atoms with E-state index in [-0.39, 0.29) is 5.43 Å². The van der Waals surface area contributed by atoms with Crippen molar-refractivity contribution in [2.75, 3.05) is 18.4 Å². The van der Waals surface area contributed by atoms with Crippen molar-refractivity contribution < 1.29 is 4.42 Å². The minimum atomic E-state index is 0.0707. The predicted octanol–water partition coefficient (Wildman–Crippen LogP) is 5.08. The lowest BCUT2D eigenvalue weighted by Gasteiger charge is -2.57. The Balaban J connectivity index is 1.07. The third-order valence-electron chi connectivity index (χ3n) is 9.28. The molecule has 0 unspecified atom stereocenters. The normalized spacial score (nSPS) is 29.5. The van der Waals surface area contributed by atoms with Gasteiger partial charge in [-0.05, 0) is 87.2 Å². The van der Waals surface area contributed by atoms with E-state index in [2.05, 4.69) is 20.2 Å². The van der Waals surface area contributed by atoms with Crippen LogP contribution in [0.25, 0.3) is 11.0 Å². The van der Waals surface area contributed by atoms with E-state index in [0.29, 0.717) is 28.5 Å². The fourth-order valence-corrected chi connectivity index (χ4v) is 8.11. The zero-order chi connectivity index (χ0) is 23.6. The first-order valence-corrected chi connectivity index (χ1v) is 13.3. The number of nitrogens with zero attached hydrogens (tertiary/aromatic N) is 3. The number of benzene rings is 1. The summed E-state index contributed by atoms with van der Waals surface area (Å²) in [6, 6.07) is 5.77. The molecule has 4 saturated carbocycles. The first-order chi connectivity index (χ1) is 17.0. The highest BCUT2D eigenvalue weighted by atomic mass is 16.3. The first kappa shape index (κ1) is 21.5. The number of aryl methyl sites for hydroxylation is 1. The minimum absolute atomic E-state index is 0.0707. The van der Waals surface area contributed by atoms with Crippen LogP contribution < -0.4 is 10.7 Å². The highest BCUT2D eigenvalue weighted by Gasteiger charge is 2.50. The number of nitrogens with one attached hydrogen (secondary N) is 1. The fraction of sp³-hybridized carbons (Fsp3) is 0.552. The minimum Gasteiger partial charge on any atom is -0.464 e. The molecule has 3 aromatic rings. The third kappa shape index (κ3) is 3.86. The quantitative estimate of drug-likeness (QED) is 0.561. The molecule has 182 valence electrons. The maximum absolute atomic E-state index is 13.1. The van der Waals surface area contributed by atoms with Crippen molar-refractivity contribution in [2.24, 2.45) is 23.2 Å². The summed E-state index contributed by atoms with van der Waals surface area (Å²) >= 11 is 0. The Labute approximate surface area is 206 Å². The summed E-state index contributed by atoms with van der Waals surface area (Å²) in [6.07, 6.45) is 12.9. The average molecular weight is 471 g/mol. The maximum atomic E-state index is 13.1. The second kappa shape index (κ2) is 8.16. The standard InChI is InChI=1S/C29H34N4O2/c1-18-2-3-26-24(6-18)27(34)22(15-35-26)13-33-5-4-23-25(14-33)31-17-32-28(23)30-16-29-10-19-7-20(11-29)9-21(8-19)12-29/h2-3,6,15,17,19-21H,4-5,7-14,16H2,1H3,(H,30,31,32). The lowest BCUT2D eigenvalue weighted by atomic mass is 9.49. The predicted molar refractivity (Wildman–Crippen MR) is 136 cm³/mol. The van der Waals surface area contributed by atoms with Gasteiger partial charge >= 0.3 is 0 Å². The molecule has 0 spiro atoms. The van der Waals surface area contributed by atoms with E-state index < -0.39 is 0 Å². The van der Waals surface area contributed by atoms with Gasteiger partial charge in [0.15, 0.2) is 5.43 Å². The van der Waals surface area contributed by atoms with Crippen LogP contribution in [-0.2, 0) is 19.5 Å². The molecule has 0 saturated heterocycles. The van der Waals surface area contributed by atoms with Crippen LogP contribution in [0.1, 0.15) is 60.9 Å². The van der Waals surface area contributed by atoms with Crippen LogP contribution >= 0.6 is 0 Å². The monoisotopic (exact) mass is 470 g/mol. The summed E-state index contributed by atoms with van der Waals surface area (Å²) in [7, 11) is 0. The molecule has 1 aliphatic heterocycles. The zero-order valence-corrected chi connectivity index (χ0v) is 20.6. The molecular formula is C29H34N4O2. The number of fused-ring (bicyclic) bond motifs is 2. The van der Waals surface area contributed by atoms with E-state index >= 15 is 0 Å². The number of aromatic nitrogens is 2. The van der Waals surface area contributed by atoms with Gasteiger partial charge in [-0.3, -0.25) is 9.69 Å². The fourth-order valence-electron chi connectivity index (χ4n) is 8.11. The molecular weight excluding hydrogens is 436 g/mol. The van der Waals surface area contributed by atoms with Crippen LogP contribution in [0.4, 0.5) is 5.82 Å². The van der Waals surface area contributed by atoms with Gasteiger partial charge in [0.05, 0.1) is 17.3 Å². The van der Waals surface area contributed by atoms with Crippen molar-refractivity contribution in [2.45, 2.75) is 65.0 Å². The van der Waals surface area contributed by atoms with Gasteiger partial charge in [0.1, 0.15) is 17.7 Å². The van der Waals surface area contributed by atoms with E-state index in [4.69, 9.17) is 4.42 Å². The van der Waals surface area contributed by atoms with Crippen molar-refractivity contribution >= 4 is 16.8 Å². The molecule has 6 heteroatoms. The van der Waals surface area contributed by atoms with E-state index in [1.54, 1.807) is 12.6 Å². The molecule has 4 aliphatic carbocycles. The Morgan fingerprint density at radius 1 is 1.11 bits per heavy atom. The summed E-state index contributed by atoms with van der Waals surface area (Å²) in [5.74, 6) is 3.93. The van der Waals surface area contributed by atoms with Gasteiger partial charge in [0, 0.05) is 37.3 Å². The maximum Gasteiger partial charge on any atom is 0.197 e. The number of hydrogen-bond donors (Lipinski definition) is 1. The second-order valence-corrected chi connectivity index (χ2v) is 12.0. The lowest BCUT2D eigenvalue weighted by molar-refractivity contribution is -0.0444. The van der Waals surface area contributed by atoms with Crippen LogP contribution in [0.2, 0.25) is 0 Å². The van der Waals surface area contributed by atoms with Crippen molar-refractivity contribution in [3.05, 3.63) is 63.4 Å². The van der Waals surface area contributed by atoms with Gasteiger partial charge in [-0.1, -0.05) is 11.6 Å². The smallest absolute Gasteiger partial charge is 0.197 e. The topological polar surface area (TPSA) is 71.3 Å². The summed E-state index contributed by atoms with van der Waals surface area (Å²) < 4.78 is 5.78. The highest BCUT2D eigenvalue weighted by molar-refractivity contribution is 5.77. The third-order valence-corrected chi connectivity index (χ3v) is 9.28. The number of rotatable bonds is 5. The Morgan fingerprint density at radius 2 is 1.89 bits per heavy atom. The van der Waals surface area contributed by atoms with Crippen LogP contribution in [0.15, 0.2) is 40.0 Å². The summed E-state index contributed by atoms with van der Waals surface area (Å²) in [6.45, 7) is 5.25. The summed E-state index contributed by atoms with van der Waals surface area (Å²) in [4.78, 5) is 24.7. The average Bonchev–Trinajstić information content (AvgIpc) is 2.84. The van der Waals surface area contributed by atoms with E-state index in [9.17, 15) is 4.79 Å². The second-order valence-electron chi connectivity index (χ2n) is 12.0. The van der Waals surface area contributed by atoms with Crippen molar-refractivity contribution in [1.29, 1.82) is 0 Å². The van der Waals surface area contributed by atoms with Gasteiger partial charge in [-0.15, -0.1) is 0 Å². The lowest BCUT2D eigenvalue weighted by Crippen LogP contribution is -2.49. The van der Waals surface area contributed by atoms with Gasteiger partial charge in [0.25, 0.3) is 0 Å². The molecule has 1 N–H and O–H groups in total. The van der Waals surface area contributed by atoms with Gasteiger partial charge in [0.2, 0.25) is 0 Å². The van der Waals surface area contributed by atoms with Crippen LogP contribution in [-0.4, -0.2) is 28.0 Å². The molecule has 8 rings (SSSR count). The van der Waals surface area contributed by atoms with E-state index in [1.807, 2.05) is 25.1 Å². The molecule has 1 aromatic carbocycles. The van der Waals surface area contributed by atoms with Crippen molar-refractivity contribution in [1.82, 2.24) is 14.9 Å². The van der Waals surface area contributed by atoms with E-state index in [1.165, 1.54) is 44.1 Å². The Hall–Kier alpha value is -2.73. The zero-order valence-electron chi connectivity index (χ0n) is 20.6. The van der Waals surface area contributed by atoms with Crippen LogP contribution in [0, 0.1) is 30.1 Å². The first-order valence-electron chi connectivity index (χ1n) is 13.3. The SMILES string of the molecule is Cc1ccc2occ(CN3CCc4c(ncnc4NCC45CC6CC(CC(C6)C4)C5)C3)c(=O)c2c1. The molecule has 5 aliphatic rings. The number of hydrogen-bond acceptors (Lipinski definition) is 6. The van der Waals surface area contributed by atoms with Crippen LogP contribution in [0.3, 0.4) is 0 Å². The summed E-state index contributed by atoms with van der Waals surface area (Å²) in [5.41, 5.74) is 5.32. The molecule has 0 atom stereocenters. The van der Waals surface area contributed by atoms with E-state index in [0.717, 1.165) is 60.9 Å². The number of anilines is 1. The molecule has 0 amide bonds. The Kier molecular flexibility index (Phi) is 5.02. The molecule has 6 nitrogen and oxygen atoms in total. The molecule has 3 heterocycles. The molecule has 2 aromatic heterocycles.